The second kappa shape index (κ2) is 4.77. The molecule has 2 heterocycles. The predicted octanol–water partition coefficient (Wildman–Crippen LogP) is 0.615. The van der Waals surface area contributed by atoms with E-state index in [0.29, 0.717) is 6.04 Å². The van der Waals surface area contributed by atoms with Crippen LogP contribution in [0.3, 0.4) is 0 Å². The summed E-state index contributed by atoms with van der Waals surface area (Å²) in [5, 5.41) is 4.29. The van der Waals surface area contributed by atoms with Crippen LogP contribution >= 0.6 is 0 Å². The minimum absolute atomic E-state index is 0.599. The van der Waals surface area contributed by atoms with Gasteiger partial charge in [0.1, 0.15) is 0 Å². The summed E-state index contributed by atoms with van der Waals surface area (Å²) in [4.78, 5) is 2.48. The summed E-state index contributed by atoms with van der Waals surface area (Å²) < 4.78 is 2.02. The Morgan fingerprint density at radius 1 is 1.53 bits per heavy atom. The van der Waals surface area contributed by atoms with Crippen molar-refractivity contribution in [3.8, 4) is 0 Å². The van der Waals surface area contributed by atoms with Crippen molar-refractivity contribution in [3.05, 3.63) is 18.0 Å². The molecule has 0 aromatic carbocycles. The Bertz CT molecular complexity index is 307. The van der Waals surface area contributed by atoms with E-state index < -0.39 is 0 Å². The van der Waals surface area contributed by atoms with Gasteiger partial charge in [-0.25, -0.2) is 0 Å². The van der Waals surface area contributed by atoms with Crippen molar-refractivity contribution < 1.29 is 0 Å². The quantitative estimate of drug-likeness (QED) is 0.789. The van der Waals surface area contributed by atoms with Crippen molar-refractivity contribution in [2.75, 3.05) is 19.6 Å². The molecule has 0 radical (unpaired) electrons. The number of hydrogen-bond donors (Lipinski definition) is 1. The molecule has 4 heteroatoms. The van der Waals surface area contributed by atoms with Gasteiger partial charge in [-0.2, -0.15) is 5.10 Å². The molecule has 15 heavy (non-hydrogen) atoms. The van der Waals surface area contributed by atoms with E-state index in [4.69, 9.17) is 5.73 Å². The topological polar surface area (TPSA) is 47.1 Å². The normalized spacial score (nSPS) is 22.4. The van der Waals surface area contributed by atoms with E-state index >= 15 is 0 Å². The Morgan fingerprint density at radius 3 is 3.07 bits per heavy atom. The number of rotatable bonds is 4. The van der Waals surface area contributed by atoms with Crippen molar-refractivity contribution in [1.82, 2.24) is 14.7 Å². The summed E-state index contributed by atoms with van der Waals surface area (Å²) in [5.74, 6) is 0. The average molecular weight is 208 g/mol. The Hall–Kier alpha value is -0.870. The van der Waals surface area contributed by atoms with Crippen LogP contribution in [0.5, 0.6) is 0 Å². The molecule has 4 nitrogen and oxygen atoms in total. The van der Waals surface area contributed by atoms with Gasteiger partial charge in [-0.05, 0) is 31.9 Å². The highest BCUT2D eigenvalue weighted by molar-refractivity contribution is 4.99. The smallest absolute Gasteiger partial charge is 0.0536 e. The Labute approximate surface area is 91.1 Å². The van der Waals surface area contributed by atoms with E-state index in [1.165, 1.54) is 24.9 Å². The highest BCUT2D eigenvalue weighted by Crippen LogP contribution is 2.15. The summed E-state index contributed by atoms with van der Waals surface area (Å²) in [6, 6.07) is 0.599. The highest BCUT2D eigenvalue weighted by atomic mass is 15.3. The summed E-state index contributed by atoms with van der Waals surface area (Å²) in [5.41, 5.74) is 6.96. The Balaban J connectivity index is 1.82. The Kier molecular flexibility index (Phi) is 3.38. The van der Waals surface area contributed by atoms with Gasteiger partial charge in [0.2, 0.25) is 0 Å². The lowest BCUT2D eigenvalue weighted by Crippen LogP contribution is -2.37. The van der Waals surface area contributed by atoms with E-state index in [9.17, 15) is 0 Å². The monoisotopic (exact) mass is 208 g/mol. The highest BCUT2D eigenvalue weighted by Gasteiger charge is 2.22. The van der Waals surface area contributed by atoms with Gasteiger partial charge in [-0.15, -0.1) is 0 Å². The second-order valence-electron chi connectivity index (χ2n) is 4.35. The van der Waals surface area contributed by atoms with Gasteiger partial charge in [-0.3, -0.25) is 9.58 Å². The van der Waals surface area contributed by atoms with Crippen molar-refractivity contribution in [1.29, 1.82) is 0 Å². The second-order valence-corrected chi connectivity index (χ2v) is 4.35. The molecule has 0 bridgehead atoms. The molecule has 0 saturated carbocycles. The number of likely N-dealkylation sites (tertiary alicyclic amines) is 1. The minimum Gasteiger partial charge on any atom is -0.329 e. The molecular weight excluding hydrogens is 188 g/mol. The first-order valence-corrected chi connectivity index (χ1v) is 5.73. The van der Waals surface area contributed by atoms with Gasteiger partial charge < -0.3 is 5.73 Å². The summed E-state index contributed by atoms with van der Waals surface area (Å²) in [6.45, 7) is 6.11. The van der Waals surface area contributed by atoms with E-state index in [-0.39, 0.29) is 0 Å². The summed E-state index contributed by atoms with van der Waals surface area (Å²) >= 11 is 0. The van der Waals surface area contributed by atoms with Crippen LogP contribution < -0.4 is 5.73 Å². The maximum Gasteiger partial charge on any atom is 0.0536 e. The molecule has 1 aliphatic heterocycles. The fourth-order valence-electron chi connectivity index (χ4n) is 2.28. The molecule has 1 unspecified atom stereocenters. The SMILES string of the molecule is Cc1cnn(CCN2CCCC2CN)c1. The number of aryl methyl sites for hydroxylation is 1. The van der Waals surface area contributed by atoms with E-state index in [0.717, 1.165) is 19.6 Å². The van der Waals surface area contributed by atoms with Crippen LogP contribution in [0.4, 0.5) is 0 Å². The molecular formula is C11H20N4. The van der Waals surface area contributed by atoms with Gasteiger partial charge in [-0.1, -0.05) is 0 Å². The van der Waals surface area contributed by atoms with Crippen LogP contribution in [0.1, 0.15) is 18.4 Å². The molecule has 0 aliphatic carbocycles. The average Bonchev–Trinajstić information content (AvgIpc) is 2.83. The van der Waals surface area contributed by atoms with E-state index in [1.54, 1.807) is 0 Å². The first kappa shape index (κ1) is 10.6. The molecule has 1 atom stereocenters. The summed E-state index contributed by atoms with van der Waals surface area (Å²) in [6.07, 6.45) is 6.55. The molecule has 2 N–H and O–H groups in total. The third kappa shape index (κ3) is 2.58. The molecule has 1 aliphatic rings. The van der Waals surface area contributed by atoms with Gasteiger partial charge in [0.25, 0.3) is 0 Å². The predicted molar refractivity (Wildman–Crippen MR) is 60.6 cm³/mol. The van der Waals surface area contributed by atoms with Crippen molar-refractivity contribution in [3.63, 3.8) is 0 Å². The summed E-state index contributed by atoms with van der Waals surface area (Å²) in [7, 11) is 0. The molecule has 84 valence electrons. The fraction of sp³-hybridized carbons (Fsp3) is 0.727. The fourth-order valence-corrected chi connectivity index (χ4v) is 2.28. The zero-order valence-corrected chi connectivity index (χ0v) is 9.39. The zero-order valence-electron chi connectivity index (χ0n) is 9.39. The number of hydrogen-bond acceptors (Lipinski definition) is 3. The van der Waals surface area contributed by atoms with E-state index in [2.05, 4.69) is 23.1 Å². The lowest BCUT2D eigenvalue weighted by molar-refractivity contribution is 0.244. The third-order valence-electron chi connectivity index (χ3n) is 3.15. The molecule has 1 aromatic heterocycles. The number of nitrogens with zero attached hydrogens (tertiary/aromatic N) is 3. The first-order chi connectivity index (χ1) is 7.29. The zero-order chi connectivity index (χ0) is 10.7. The number of aromatic nitrogens is 2. The van der Waals surface area contributed by atoms with E-state index in [1.807, 2.05) is 10.9 Å². The molecule has 2 rings (SSSR count). The van der Waals surface area contributed by atoms with Gasteiger partial charge >= 0.3 is 0 Å². The van der Waals surface area contributed by atoms with Crippen molar-refractivity contribution >= 4 is 0 Å². The van der Waals surface area contributed by atoms with Crippen LogP contribution in [0.2, 0.25) is 0 Å². The standard InChI is InChI=1S/C11H20N4/c1-10-8-13-15(9-10)6-5-14-4-2-3-11(14)7-12/h8-9,11H,2-7,12H2,1H3. The molecule has 0 spiro atoms. The largest absolute Gasteiger partial charge is 0.329 e. The van der Waals surface area contributed by atoms with Gasteiger partial charge in [0.15, 0.2) is 0 Å². The van der Waals surface area contributed by atoms with Gasteiger partial charge in [0.05, 0.1) is 12.7 Å². The third-order valence-corrected chi connectivity index (χ3v) is 3.15. The van der Waals surface area contributed by atoms with Crippen molar-refractivity contribution in [2.45, 2.75) is 32.4 Å². The lowest BCUT2D eigenvalue weighted by Gasteiger charge is -2.22. The number of nitrogens with two attached hydrogens (primary N) is 1. The van der Waals surface area contributed by atoms with Gasteiger partial charge in [0, 0.05) is 25.3 Å². The molecule has 0 amide bonds. The maximum atomic E-state index is 5.73. The molecule has 1 aromatic rings. The van der Waals surface area contributed by atoms with Crippen LogP contribution in [-0.4, -0.2) is 40.4 Å². The van der Waals surface area contributed by atoms with Crippen LogP contribution in [0.15, 0.2) is 12.4 Å². The minimum atomic E-state index is 0.599. The maximum absolute atomic E-state index is 5.73. The van der Waals surface area contributed by atoms with Crippen LogP contribution in [0, 0.1) is 6.92 Å². The first-order valence-electron chi connectivity index (χ1n) is 5.73. The molecule has 1 fully saturated rings. The van der Waals surface area contributed by atoms with Crippen LogP contribution in [-0.2, 0) is 6.54 Å². The Morgan fingerprint density at radius 2 is 2.40 bits per heavy atom. The van der Waals surface area contributed by atoms with Crippen molar-refractivity contribution in [2.24, 2.45) is 5.73 Å². The lowest BCUT2D eigenvalue weighted by atomic mass is 10.2. The van der Waals surface area contributed by atoms with Crippen LogP contribution in [0.25, 0.3) is 0 Å². The molecule has 1 saturated heterocycles.